The summed E-state index contributed by atoms with van der Waals surface area (Å²) in [6.07, 6.45) is 8.86. The van der Waals surface area contributed by atoms with Gasteiger partial charge in [0, 0.05) is 29.9 Å². The van der Waals surface area contributed by atoms with Crippen LogP contribution in [0.1, 0.15) is 51.2 Å². The van der Waals surface area contributed by atoms with Gasteiger partial charge in [0.2, 0.25) is 5.96 Å². The second-order valence-corrected chi connectivity index (χ2v) is 7.77. The van der Waals surface area contributed by atoms with E-state index in [4.69, 9.17) is 10.8 Å². The standard InChI is InChI=1S/C23H27N5O2/c1-23(2,3)28(16-24)22(25)27-19-10-6-8-17(14-19)20(11-4-5-12-21(29)30)18-9-7-13-26-15-18/h6-11,13-15H,4-5,12H2,1-3H3,(H2,25,27)(H,29,30)/b20-11+. The largest absolute Gasteiger partial charge is 0.481 e. The highest BCUT2D eigenvalue weighted by molar-refractivity contribution is 5.85. The fraction of sp³-hybridized carbons (Fsp3) is 0.304. The molecule has 0 amide bonds. The summed E-state index contributed by atoms with van der Waals surface area (Å²) in [6.45, 7) is 5.65. The molecule has 0 saturated carbocycles. The van der Waals surface area contributed by atoms with Crippen LogP contribution in [0.5, 0.6) is 0 Å². The number of aliphatic carboxylic acids is 1. The molecule has 0 bridgehead atoms. The predicted molar refractivity (Wildman–Crippen MR) is 118 cm³/mol. The summed E-state index contributed by atoms with van der Waals surface area (Å²) in [5.74, 6) is -0.686. The van der Waals surface area contributed by atoms with Gasteiger partial charge in [-0.2, -0.15) is 5.26 Å². The number of allylic oxidation sites excluding steroid dienone is 1. The van der Waals surface area contributed by atoms with Crippen LogP contribution in [-0.4, -0.2) is 32.5 Å². The van der Waals surface area contributed by atoms with Crippen LogP contribution in [-0.2, 0) is 4.79 Å². The number of aliphatic imine (C=N–C) groups is 1. The van der Waals surface area contributed by atoms with E-state index in [1.807, 2.05) is 63.2 Å². The molecule has 0 fully saturated rings. The number of nitriles is 1. The van der Waals surface area contributed by atoms with Crippen LogP contribution in [0.4, 0.5) is 5.69 Å². The Hall–Kier alpha value is -3.66. The number of guanidine groups is 1. The van der Waals surface area contributed by atoms with Gasteiger partial charge >= 0.3 is 5.97 Å². The molecule has 1 heterocycles. The minimum atomic E-state index is -0.806. The topological polar surface area (TPSA) is 116 Å². The molecule has 1 aromatic carbocycles. The third-order valence-corrected chi connectivity index (χ3v) is 4.32. The Morgan fingerprint density at radius 1 is 1.30 bits per heavy atom. The molecule has 2 rings (SSSR count). The molecule has 0 atom stereocenters. The SMILES string of the molecule is CC(C)(C)N(C#N)C(N)=Nc1cccc(/C(=C\CCCC(=O)O)c2cccnc2)c1. The number of hydrogen-bond donors (Lipinski definition) is 2. The summed E-state index contributed by atoms with van der Waals surface area (Å²) in [7, 11) is 0. The molecular weight excluding hydrogens is 378 g/mol. The quantitative estimate of drug-likeness (QED) is 0.233. The normalized spacial score (nSPS) is 12.3. The highest BCUT2D eigenvalue weighted by Gasteiger charge is 2.23. The van der Waals surface area contributed by atoms with Gasteiger partial charge in [0.25, 0.3) is 0 Å². The molecule has 3 N–H and O–H groups in total. The zero-order valence-corrected chi connectivity index (χ0v) is 17.5. The van der Waals surface area contributed by atoms with Crippen molar-refractivity contribution in [1.29, 1.82) is 5.26 Å². The molecule has 156 valence electrons. The number of rotatable bonds is 7. The van der Waals surface area contributed by atoms with E-state index in [0.29, 0.717) is 18.5 Å². The minimum Gasteiger partial charge on any atom is -0.481 e. The Kier molecular flexibility index (Phi) is 7.70. The second-order valence-electron chi connectivity index (χ2n) is 7.77. The van der Waals surface area contributed by atoms with Crippen molar-refractivity contribution in [2.24, 2.45) is 10.7 Å². The average Bonchev–Trinajstić information content (AvgIpc) is 2.68. The van der Waals surface area contributed by atoms with Gasteiger partial charge in [-0.1, -0.05) is 24.3 Å². The van der Waals surface area contributed by atoms with Crippen LogP contribution in [0.25, 0.3) is 5.57 Å². The van der Waals surface area contributed by atoms with Crippen LogP contribution in [0.3, 0.4) is 0 Å². The van der Waals surface area contributed by atoms with Crippen LogP contribution in [0, 0.1) is 11.5 Å². The summed E-state index contributed by atoms with van der Waals surface area (Å²) >= 11 is 0. The Balaban J connectivity index is 2.39. The third-order valence-electron chi connectivity index (χ3n) is 4.32. The van der Waals surface area contributed by atoms with Gasteiger partial charge in [-0.15, -0.1) is 0 Å². The first kappa shape index (κ1) is 22.6. The van der Waals surface area contributed by atoms with Gasteiger partial charge in [0.1, 0.15) is 0 Å². The van der Waals surface area contributed by atoms with Crippen molar-refractivity contribution in [2.45, 2.75) is 45.6 Å². The second kappa shape index (κ2) is 10.2. The Bertz CT molecular complexity index is 969. The maximum absolute atomic E-state index is 10.8. The lowest BCUT2D eigenvalue weighted by Gasteiger charge is -2.29. The Labute approximate surface area is 177 Å². The van der Waals surface area contributed by atoms with Gasteiger partial charge < -0.3 is 10.8 Å². The molecule has 0 unspecified atom stereocenters. The fourth-order valence-corrected chi connectivity index (χ4v) is 2.89. The van der Waals surface area contributed by atoms with Gasteiger partial charge in [-0.3, -0.25) is 9.78 Å². The lowest BCUT2D eigenvalue weighted by Crippen LogP contribution is -2.45. The van der Waals surface area contributed by atoms with Crippen molar-refractivity contribution in [3.63, 3.8) is 0 Å². The monoisotopic (exact) mass is 405 g/mol. The molecule has 7 heteroatoms. The third kappa shape index (κ3) is 6.45. The van der Waals surface area contributed by atoms with Crippen LogP contribution >= 0.6 is 0 Å². The Morgan fingerprint density at radius 2 is 2.03 bits per heavy atom. The average molecular weight is 406 g/mol. The van der Waals surface area contributed by atoms with Gasteiger partial charge in [-0.25, -0.2) is 9.89 Å². The predicted octanol–water partition coefficient (Wildman–Crippen LogP) is 4.30. The lowest BCUT2D eigenvalue weighted by atomic mass is 9.97. The van der Waals surface area contributed by atoms with E-state index in [1.165, 1.54) is 4.90 Å². The first-order valence-electron chi connectivity index (χ1n) is 9.69. The number of nitrogens with two attached hydrogens (primary N) is 1. The van der Waals surface area contributed by atoms with E-state index in [2.05, 4.69) is 16.2 Å². The molecule has 0 spiro atoms. The van der Waals surface area contributed by atoms with Crippen molar-refractivity contribution in [3.8, 4) is 6.19 Å². The number of pyridine rings is 1. The van der Waals surface area contributed by atoms with E-state index >= 15 is 0 Å². The number of hydrogen-bond acceptors (Lipinski definition) is 4. The summed E-state index contributed by atoms with van der Waals surface area (Å²) < 4.78 is 0. The van der Waals surface area contributed by atoms with Crippen molar-refractivity contribution in [3.05, 3.63) is 66.0 Å². The molecular formula is C23H27N5O2. The van der Waals surface area contributed by atoms with Crippen LogP contribution in [0.2, 0.25) is 0 Å². The van der Waals surface area contributed by atoms with E-state index < -0.39 is 11.5 Å². The van der Waals surface area contributed by atoms with E-state index in [9.17, 15) is 10.1 Å². The molecule has 2 aromatic rings. The number of carboxylic acid groups (broad SMARTS) is 1. The molecule has 0 radical (unpaired) electrons. The van der Waals surface area contributed by atoms with Crippen molar-refractivity contribution < 1.29 is 9.90 Å². The van der Waals surface area contributed by atoms with Gasteiger partial charge in [0.15, 0.2) is 6.19 Å². The van der Waals surface area contributed by atoms with E-state index in [-0.39, 0.29) is 12.4 Å². The number of benzene rings is 1. The van der Waals surface area contributed by atoms with E-state index in [0.717, 1.165) is 16.7 Å². The maximum atomic E-state index is 10.8. The Morgan fingerprint density at radius 3 is 2.63 bits per heavy atom. The molecule has 7 nitrogen and oxygen atoms in total. The number of carbonyl (C=O) groups is 1. The molecule has 0 aliphatic rings. The summed E-state index contributed by atoms with van der Waals surface area (Å²) in [5.41, 5.74) is 9.00. The summed E-state index contributed by atoms with van der Waals surface area (Å²) in [6, 6.07) is 11.3. The molecule has 30 heavy (non-hydrogen) atoms. The highest BCUT2D eigenvalue weighted by Crippen LogP contribution is 2.27. The van der Waals surface area contributed by atoms with Crippen LogP contribution < -0.4 is 5.73 Å². The van der Waals surface area contributed by atoms with Crippen molar-refractivity contribution >= 4 is 23.2 Å². The number of carboxylic acids is 1. The zero-order valence-electron chi connectivity index (χ0n) is 17.5. The first-order chi connectivity index (χ1) is 14.2. The number of nitrogens with zero attached hydrogens (tertiary/aromatic N) is 4. The lowest BCUT2D eigenvalue weighted by molar-refractivity contribution is -0.137. The van der Waals surface area contributed by atoms with Crippen molar-refractivity contribution in [2.75, 3.05) is 0 Å². The summed E-state index contributed by atoms with van der Waals surface area (Å²) in [5, 5.41) is 18.3. The molecule has 1 aromatic heterocycles. The minimum absolute atomic E-state index is 0.120. The molecule has 0 aliphatic heterocycles. The van der Waals surface area contributed by atoms with Gasteiger partial charge in [-0.05, 0) is 62.9 Å². The van der Waals surface area contributed by atoms with Crippen molar-refractivity contribution in [1.82, 2.24) is 9.88 Å². The first-order valence-corrected chi connectivity index (χ1v) is 9.69. The maximum Gasteiger partial charge on any atom is 0.303 e. The molecule has 0 saturated heterocycles. The highest BCUT2D eigenvalue weighted by atomic mass is 16.4. The number of aromatic nitrogens is 1. The summed E-state index contributed by atoms with van der Waals surface area (Å²) in [4.78, 5) is 20.8. The van der Waals surface area contributed by atoms with Gasteiger partial charge in [0.05, 0.1) is 5.69 Å². The zero-order chi connectivity index (χ0) is 22.1. The fourth-order valence-electron chi connectivity index (χ4n) is 2.89. The van der Waals surface area contributed by atoms with Crippen LogP contribution in [0.15, 0.2) is 59.9 Å². The number of unbranched alkanes of at least 4 members (excludes halogenated alkanes) is 1. The molecule has 0 aliphatic carbocycles. The smallest absolute Gasteiger partial charge is 0.303 e. The van der Waals surface area contributed by atoms with E-state index in [1.54, 1.807) is 12.4 Å².